The summed E-state index contributed by atoms with van der Waals surface area (Å²) >= 11 is 0. The van der Waals surface area contributed by atoms with E-state index in [0.29, 0.717) is 6.42 Å². The summed E-state index contributed by atoms with van der Waals surface area (Å²) in [5.41, 5.74) is 5.48. The fourth-order valence-corrected chi connectivity index (χ4v) is 6.02. The predicted octanol–water partition coefficient (Wildman–Crippen LogP) is -6.93. The van der Waals surface area contributed by atoms with E-state index in [1.807, 2.05) is 0 Å². The van der Waals surface area contributed by atoms with Crippen LogP contribution in [0.25, 0.3) is 0 Å². The molecule has 25 nitrogen and oxygen atoms in total. The SMILES string of the molecule is C[C@H](O)C(OC(CO)[C@H](C)OC(OC(CO)[C@@H](C)OC(OC(CO)[C@H](C)OC1OC(CO)C2OC2C1O)[C@@H](O)CO)[C@@H](O)CO)O[C@@H](C)C(CO)OC(OCCCN)[C@@H](O)CO. The van der Waals surface area contributed by atoms with E-state index in [2.05, 4.69) is 0 Å². The maximum atomic E-state index is 10.7. The standard InChI is InChI=1S/C37H73NO24/c1-17(47)33(53-18(2)26(13-43)58-34(22(48)9-39)52-8-6-7-38)57-25(12-42)19(3)54-35(23(49)10-40)59-27(14-44)20(4)55-36(24(50)11-41)60-28(15-45)21(5)56-37-30(51)32-31(62-32)29(16-46)61-37/h17-37,39-51H,6-16,38H2,1-5H3/t17-,18-,19-,20+,21-,22-,23-,24-,25?,26?,27?,28?,29?,30?,31?,32?,33?,34?,35?,36?,37?/m0/s1. The van der Waals surface area contributed by atoms with E-state index in [1.54, 1.807) is 0 Å². The molecule has 2 aliphatic heterocycles. The maximum Gasteiger partial charge on any atom is 0.187 e. The van der Waals surface area contributed by atoms with Gasteiger partial charge in [-0.15, -0.1) is 0 Å². The van der Waals surface area contributed by atoms with E-state index < -0.39 is 182 Å². The molecule has 0 bridgehead atoms. The lowest BCUT2D eigenvalue weighted by Gasteiger charge is -2.37. The second-order valence-electron chi connectivity index (χ2n) is 15.1. The van der Waals surface area contributed by atoms with Crippen molar-refractivity contribution < 1.29 is 118 Å². The van der Waals surface area contributed by atoms with Crippen molar-refractivity contribution in [2.24, 2.45) is 5.73 Å². The summed E-state index contributed by atoms with van der Waals surface area (Å²) in [4.78, 5) is 0. The highest BCUT2D eigenvalue weighted by molar-refractivity contribution is 5.01. The zero-order valence-electron chi connectivity index (χ0n) is 35.8. The Balaban J connectivity index is 2.13. The van der Waals surface area contributed by atoms with Gasteiger partial charge in [0.25, 0.3) is 0 Å². The number of aliphatic hydroxyl groups is 13. The molecule has 0 amide bonds. The number of hydrogen-bond acceptors (Lipinski definition) is 25. The molecule has 2 fully saturated rings. The third kappa shape index (κ3) is 17.7. The first kappa shape index (κ1) is 57.1. The zero-order chi connectivity index (χ0) is 46.7. The van der Waals surface area contributed by atoms with Crippen molar-refractivity contribution in [3.63, 3.8) is 0 Å². The minimum absolute atomic E-state index is 0.0686. The normalized spacial score (nSPS) is 28.2. The fourth-order valence-electron chi connectivity index (χ4n) is 6.02. The molecule has 0 aromatic rings. The summed E-state index contributed by atoms with van der Waals surface area (Å²) in [6.45, 7) is 1.39. The molecular formula is C37H73NO24. The Morgan fingerprint density at radius 2 is 0.903 bits per heavy atom. The minimum atomic E-state index is -1.77. The first-order chi connectivity index (χ1) is 29.5. The molecule has 0 aromatic heterocycles. The molecule has 2 heterocycles. The van der Waals surface area contributed by atoms with E-state index in [9.17, 15) is 66.4 Å². The second kappa shape index (κ2) is 29.6. The molecule has 0 aliphatic carbocycles. The zero-order valence-corrected chi connectivity index (χ0v) is 35.8. The average molecular weight is 916 g/mol. The van der Waals surface area contributed by atoms with Gasteiger partial charge in [-0.1, -0.05) is 0 Å². The molecule has 21 atom stereocenters. The van der Waals surface area contributed by atoms with Crippen LogP contribution in [0.3, 0.4) is 0 Å². The number of fused-ring (bicyclic) bond motifs is 1. The summed E-state index contributed by atoms with van der Waals surface area (Å²) in [5.74, 6) is 0. The van der Waals surface area contributed by atoms with Crippen LogP contribution in [0.15, 0.2) is 0 Å². The molecule has 13 unspecified atom stereocenters. The van der Waals surface area contributed by atoms with Crippen molar-refractivity contribution in [2.75, 3.05) is 66.0 Å². The van der Waals surface area contributed by atoms with Gasteiger partial charge in [0.1, 0.15) is 73.2 Å². The first-order valence-electron chi connectivity index (χ1n) is 20.6. The maximum absolute atomic E-state index is 10.7. The highest BCUT2D eigenvalue weighted by atomic mass is 16.8. The summed E-state index contributed by atoms with van der Waals surface area (Å²) in [6, 6.07) is 0. The molecular weight excluding hydrogens is 842 g/mol. The van der Waals surface area contributed by atoms with Crippen LogP contribution in [0.4, 0.5) is 0 Å². The molecule has 2 aliphatic rings. The monoisotopic (exact) mass is 915 g/mol. The molecule has 370 valence electrons. The van der Waals surface area contributed by atoms with Gasteiger partial charge in [-0.05, 0) is 47.6 Å². The molecule has 2 rings (SSSR count). The Hall–Kier alpha value is -1.00. The largest absolute Gasteiger partial charge is 0.394 e. The van der Waals surface area contributed by atoms with Gasteiger partial charge in [0, 0.05) is 0 Å². The van der Waals surface area contributed by atoms with Crippen LogP contribution in [0.1, 0.15) is 41.0 Å². The third-order valence-corrected chi connectivity index (χ3v) is 10.0. The van der Waals surface area contributed by atoms with E-state index in [0.717, 1.165) is 0 Å². The van der Waals surface area contributed by atoms with Gasteiger partial charge >= 0.3 is 0 Å². The summed E-state index contributed by atoms with van der Waals surface area (Å²) < 4.78 is 62.7. The molecule has 2 saturated heterocycles. The number of epoxide rings is 1. The predicted molar refractivity (Wildman–Crippen MR) is 206 cm³/mol. The number of nitrogens with two attached hydrogens (primary N) is 1. The van der Waals surface area contributed by atoms with E-state index in [1.165, 1.54) is 34.6 Å². The van der Waals surface area contributed by atoms with E-state index in [-0.39, 0.29) is 13.2 Å². The highest BCUT2D eigenvalue weighted by Crippen LogP contribution is 2.38. The summed E-state index contributed by atoms with van der Waals surface area (Å²) in [7, 11) is 0. The fraction of sp³-hybridized carbons (Fsp3) is 1.00. The molecule has 15 N–H and O–H groups in total. The van der Waals surface area contributed by atoms with Crippen LogP contribution in [-0.4, -0.2) is 262 Å². The van der Waals surface area contributed by atoms with Gasteiger partial charge in [-0.25, -0.2) is 0 Å². The van der Waals surface area contributed by atoms with Crippen LogP contribution in [0.5, 0.6) is 0 Å². The van der Waals surface area contributed by atoms with Gasteiger partial charge in [0.2, 0.25) is 0 Å². The van der Waals surface area contributed by atoms with Crippen molar-refractivity contribution in [1.82, 2.24) is 0 Å². The third-order valence-electron chi connectivity index (χ3n) is 10.0. The lowest BCUT2D eigenvalue weighted by atomic mass is 10.1. The Morgan fingerprint density at radius 1 is 0.500 bits per heavy atom. The Morgan fingerprint density at radius 3 is 1.31 bits per heavy atom. The van der Waals surface area contributed by atoms with Gasteiger partial charge in [-0.2, -0.15) is 0 Å². The topological polar surface area (TPSA) is 394 Å². The van der Waals surface area contributed by atoms with Crippen molar-refractivity contribution >= 4 is 0 Å². The van der Waals surface area contributed by atoms with Crippen LogP contribution in [0, 0.1) is 0 Å². The smallest absolute Gasteiger partial charge is 0.187 e. The number of hydrogen-bond donors (Lipinski definition) is 14. The van der Waals surface area contributed by atoms with Crippen molar-refractivity contribution in [1.29, 1.82) is 0 Å². The van der Waals surface area contributed by atoms with Gasteiger partial charge in [0.15, 0.2) is 31.5 Å². The van der Waals surface area contributed by atoms with Gasteiger partial charge < -0.3 is 124 Å². The minimum Gasteiger partial charge on any atom is -0.394 e. The highest BCUT2D eigenvalue weighted by Gasteiger charge is 2.58. The Labute approximate surface area is 360 Å². The average Bonchev–Trinajstić information content (AvgIpc) is 4.07. The number of aliphatic hydroxyl groups excluding tert-OH is 13. The Bertz CT molecular complexity index is 1150. The number of ether oxygens (including phenoxy) is 11. The van der Waals surface area contributed by atoms with E-state index >= 15 is 0 Å². The molecule has 25 heteroatoms. The molecule has 62 heavy (non-hydrogen) atoms. The van der Waals surface area contributed by atoms with Gasteiger partial charge in [0.05, 0.1) is 83.9 Å². The van der Waals surface area contributed by atoms with Crippen molar-refractivity contribution in [3.8, 4) is 0 Å². The quantitative estimate of drug-likeness (QED) is 0.0158. The molecule has 0 saturated carbocycles. The lowest BCUT2D eigenvalue weighted by molar-refractivity contribution is -0.315. The van der Waals surface area contributed by atoms with Crippen LogP contribution >= 0.6 is 0 Å². The van der Waals surface area contributed by atoms with Crippen LogP contribution in [-0.2, 0) is 52.1 Å². The van der Waals surface area contributed by atoms with Crippen molar-refractivity contribution in [3.05, 3.63) is 0 Å². The molecule has 0 spiro atoms. The molecule has 0 radical (unpaired) electrons. The van der Waals surface area contributed by atoms with Crippen molar-refractivity contribution in [2.45, 2.75) is 170 Å². The van der Waals surface area contributed by atoms with Crippen LogP contribution in [0.2, 0.25) is 0 Å². The van der Waals surface area contributed by atoms with Crippen LogP contribution < -0.4 is 5.73 Å². The summed E-state index contributed by atoms with van der Waals surface area (Å²) in [6.07, 6.45) is -26.6. The number of rotatable bonds is 36. The summed E-state index contributed by atoms with van der Waals surface area (Å²) in [5, 5.41) is 132. The molecule has 0 aromatic carbocycles. The first-order valence-corrected chi connectivity index (χ1v) is 20.6. The van der Waals surface area contributed by atoms with Gasteiger partial charge in [-0.3, -0.25) is 0 Å². The second-order valence-corrected chi connectivity index (χ2v) is 15.1. The van der Waals surface area contributed by atoms with E-state index in [4.69, 9.17) is 57.8 Å². The Kier molecular flexibility index (Phi) is 27.3. The lowest BCUT2D eigenvalue weighted by Crippen LogP contribution is -2.52.